The predicted octanol–water partition coefficient (Wildman–Crippen LogP) is 1.23. The molecule has 106 valence electrons. The number of nitrogens with two attached hydrogens (primary N) is 1. The second-order valence-corrected chi connectivity index (χ2v) is 5.75. The third-order valence-corrected chi connectivity index (χ3v) is 4.13. The van der Waals surface area contributed by atoms with Crippen LogP contribution in [0.5, 0.6) is 0 Å². The predicted molar refractivity (Wildman–Crippen MR) is 75.9 cm³/mol. The first-order valence-corrected chi connectivity index (χ1v) is 6.87. The molecule has 18 heavy (non-hydrogen) atoms. The summed E-state index contributed by atoms with van der Waals surface area (Å²) in [6, 6.07) is 0.588. The Morgan fingerprint density at radius 1 is 1.39 bits per heavy atom. The maximum Gasteiger partial charge on any atom is 0.242 e. The van der Waals surface area contributed by atoms with Crippen LogP contribution in [0.1, 0.15) is 39.5 Å². The van der Waals surface area contributed by atoms with Gasteiger partial charge in [0.1, 0.15) is 0 Å². The van der Waals surface area contributed by atoms with Crippen LogP contribution in [0.2, 0.25) is 0 Å². The monoisotopic (exact) mass is 275 g/mol. The topological polar surface area (TPSA) is 49.6 Å². The molecule has 0 bridgehead atoms. The Balaban J connectivity index is 0.00000162. The zero-order valence-corrected chi connectivity index (χ0v) is 12.3. The highest BCUT2D eigenvalue weighted by Gasteiger charge is 2.37. The van der Waals surface area contributed by atoms with Gasteiger partial charge < -0.3 is 10.6 Å². The second-order valence-electron chi connectivity index (χ2n) is 5.75. The first-order chi connectivity index (χ1) is 8.04. The van der Waals surface area contributed by atoms with E-state index in [1.165, 1.54) is 19.4 Å². The molecule has 0 aromatic heterocycles. The molecular weight excluding hydrogens is 250 g/mol. The van der Waals surface area contributed by atoms with Crippen molar-refractivity contribution < 1.29 is 4.79 Å². The fraction of sp³-hybridized carbons (Fsp3) is 0.923. The van der Waals surface area contributed by atoms with Crippen LogP contribution < -0.4 is 5.73 Å². The van der Waals surface area contributed by atoms with Crippen molar-refractivity contribution in [3.8, 4) is 0 Å². The van der Waals surface area contributed by atoms with Gasteiger partial charge in [0.2, 0.25) is 5.91 Å². The van der Waals surface area contributed by atoms with E-state index < -0.39 is 5.54 Å². The standard InChI is InChI=1S/C13H25N3O.ClH/c1-3-6-13(2,14)12(17)16-9-8-15-7-4-5-11(15)10-16;/h11H,3-10,14H2,1-2H3;1H. The number of hydrogen-bond acceptors (Lipinski definition) is 3. The van der Waals surface area contributed by atoms with Crippen molar-refractivity contribution in [2.75, 3.05) is 26.2 Å². The minimum atomic E-state index is -0.671. The lowest BCUT2D eigenvalue weighted by Gasteiger charge is -2.40. The van der Waals surface area contributed by atoms with Crippen LogP contribution in [0, 0.1) is 0 Å². The quantitative estimate of drug-likeness (QED) is 0.843. The van der Waals surface area contributed by atoms with E-state index in [9.17, 15) is 4.79 Å². The van der Waals surface area contributed by atoms with Gasteiger partial charge in [0.25, 0.3) is 0 Å². The van der Waals surface area contributed by atoms with E-state index in [2.05, 4.69) is 11.8 Å². The number of carbonyl (C=O) groups is 1. The highest BCUT2D eigenvalue weighted by molar-refractivity contribution is 5.86. The molecule has 4 nitrogen and oxygen atoms in total. The third kappa shape index (κ3) is 3.16. The number of fused-ring (bicyclic) bond motifs is 1. The number of amides is 1. The molecule has 0 aromatic carbocycles. The summed E-state index contributed by atoms with van der Waals surface area (Å²) in [5.74, 6) is 0.144. The second kappa shape index (κ2) is 6.22. The van der Waals surface area contributed by atoms with Crippen molar-refractivity contribution >= 4 is 18.3 Å². The number of piperazine rings is 1. The van der Waals surface area contributed by atoms with Crippen LogP contribution >= 0.6 is 12.4 Å². The first-order valence-electron chi connectivity index (χ1n) is 6.87. The van der Waals surface area contributed by atoms with Crippen LogP contribution in [0.4, 0.5) is 0 Å². The van der Waals surface area contributed by atoms with Crippen molar-refractivity contribution in [3.63, 3.8) is 0 Å². The van der Waals surface area contributed by atoms with Gasteiger partial charge in [0.05, 0.1) is 5.54 Å². The molecule has 0 radical (unpaired) electrons. The van der Waals surface area contributed by atoms with Gasteiger partial charge in [0, 0.05) is 25.7 Å². The number of carbonyl (C=O) groups excluding carboxylic acids is 1. The molecule has 0 aliphatic carbocycles. The van der Waals surface area contributed by atoms with E-state index >= 15 is 0 Å². The molecule has 1 amide bonds. The fourth-order valence-electron chi connectivity index (χ4n) is 3.16. The Bertz CT molecular complexity index is 296. The van der Waals surface area contributed by atoms with Crippen molar-refractivity contribution in [1.82, 2.24) is 9.80 Å². The van der Waals surface area contributed by atoms with E-state index in [0.717, 1.165) is 32.5 Å². The number of rotatable bonds is 3. The third-order valence-electron chi connectivity index (χ3n) is 4.13. The lowest BCUT2D eigenvalue weighted by Crippen LogP contribution is -2.59. The SMILES string of the molecule is CCCC(C)(N)C(=O)N1CCN2CCCC2C1.Cl. The molecule has 2 fully saturated rings. The molecule has 2 aliphatic heterocycles. The fourth-order valence-corrected chi connectivity index (χ4v) is 3.16. The number of hydrogen-bond donors (Lipinski definition) is 1. The van der Waals surface area contributed by atoms with E-state index in [-0.39, 0.29) is 18.3 Å². The van der Waals surface area contributed by atoms with E-state index in [0.29, 0.717) is 6.04 Å². The molecule has 2 atom stereocenters. The summed E-state index contributed by atoms with van der Waals surface area (Å²) in [4.78, 5) is 16.9. The van der Waals surface area contributed by atoms with Gasteiger partial charge in [-0.05, 0) is 32.7 Å². The van der Waals surface area contributed by atoms with Gasteiger partial charge in [-0.25, -0.2) is 0 Å². The van der Waals surface area contributed by atoms with Crippen LogP contribution in [0.25, 0.3) is 0 Å². The van der Waals surface area contributed by atoms with Crippen LogP contribution in [0.15, 0.2) is 0 Å². The molecule has 5 heteroatoms. The Kier molecular flexibility index (Phi) is 5.44. The lowest BCUT2D eigenvalue weighted by molar-refractivity contribution is -0.139. The summed E-state index contributed by atoms with van der Waals surface area (Å²) in [6.45, 7) is 7.93. The molecule has 2 heterocycles. The number of halogens is 1. The largest absolute Gasteiger partial charge is 0.338 e. The normalized spacial score (nSPS) is 27.3. The Hall–Kier alpha value is -0.320. The van der Waals surface area contributed by atoms with Crippen LogP contribution in [-0.2, 0) is 4.79 Å². The lowest BCUT2D eigenvalue weighted by atomic mass is 9.95. The summed E-state index contributed by atoms with van der Waals surface area (Å²) in [5.41, 5.74) is 5.46. The zero-order chi connectivity index (χ0) is 12.5. The summed E-state index contributed by atoms with van der Waals surface area (Å²) < 4.78 is 0. The van der Waals surface area contributed by atoms with Gasteiger partial charge in [0.15, 0.2) is 0 Å². The molecule has 2 rings (SSSR count). The first kappa shape index (κ1) is 15.7. The molecule has 0 spiro atoms. The maximum absolute atomic E-state index is 12.4. The van der Waals surface area contributed by atoms with E-state index in [1.807, 2.05) is 11.8 Å². The number of nitrogens with zero attached hydrogens (tertiary/aromatic N) is 2. The van der Waals surface area contributed by atoms with Gasteiger partial charge in [-0.1, -0.05) is 13.3 Å². The summed E-state index contributed by atoms with van der Waals surface area (Å²) in [5, 5.41) is 0. The van der Waals surface area contributed by atoms with Crippen LogP contribution in [-0.4, -0.2) is 53.5 Å². The van der Waals surface area contributed by atoms with E-state index in [1.54, 1.807) is 0 Å². The average molecular weight is 276 g/mol. The summed E-state index contributed by atoms with van der Waals surface area (Å²) >= 11 is 0. The van der Waals surface area contributed by atoms with Gasteiger partial charge in [-0.3, -0.25) is 9.69 Å². The Morgan fingerprint density at radius 2 is 2.11 bits per heavy atom. The minimum absolute atomic E-state index is 0. The molecule has 2 N–H and O–H groups in total. The van der Waals surface area contributed by atoms with Gasteiger partial charge >= 0.3 is 0 Å². The highest BCUT2D eigenvalue weighted by atomic mass is 35.5. The average Bonchev–Trinajstić information content (AvgIpc) is 2.74. The summed E-state index contributed by atoms with van der Waals surface area (Å²) in [6.07, 6.45) is 4.25. The van der Waals surface area contributed by atoms with Crippen molar-refractivity contribution in [3.05, 3.63) is 0 Å². The Morgan fingerprint density at radius 3 is 2.78 bits per heavy atom. The summed E-state index contributed by atoms with van der Waals surface area (Å²) in [7, 11) is 0. The molecule has 2 aliphatic rings. The van der Waals surface area contributed by atoms with Crippen molar-refractivity contribution in [2.24, 2.45) is 5.73 Å². The molecule has 0 aromatic rings. The molecule has 2 unspecified atom stereocenters. The zero-order valence-electron chi connectivity index (χ0n) is 11.5. The van der Waals surface area contributed by atoms with Crippen molar-refractivity contribution in [2.45, 2.75) is 51.1 Å². The van der Waals surface area contributed by atoms with Gasteiger partial charge in [-0.15, -0.1) is 12.4 Å². The molecule has 0 saturated carbocycles. The minimum Gasteiger partial charge on any atom is -0.338 e. The smallest absolute Gasteiger partial charge is 0.242 e. The van der Waals surface area contributed by atoms with E-state index in [4.69, 9.17) is 5.73 Å². The molecule has 2 saturated heterocycles. The maximum atomic E-state index is 12.4. The van der Waals surface area contributed by atoms with Crippen LogP contribution in [0.3, 0.4) is 0 Å². The van der Waals surface area contributed by atoms with Crippen molar-refractivity contribution in [1.29, 1.82) is 0 Å². The molecular formula is C13H26ClN3O. The highest BCUT2D eigenvalue weighted by Crippen LogP contribution is 2.23. The Labute approximate surface area is 116 Å². The van der Waals surface area contributed by atoms with Gasteiger partial charge in [-0.2, -0.15) is 0 Å².